The summed E-state index contributed by atoms with van der Waals surface area (Å²) < 4.78 is 4.43. The van der Waals surface area contributed by atoms with Crippen molar-refractivity contribution in [3.8, 4) is 0 Å². The Morgan fingerprint density at radius 1 is 1.55 bits per heavy atom. The molecule has 3 nitrogen and oxygen atoms in total. The largest absolute Gasteiger partial charge is 0.469 e. The summed E-state index contributed by atoms with van der Waals surface area (Å²) in [6.45, 7) is 0. The number of unbranched alkanes of at least 4 members (excludes halogenated alkanes) is 2. The first kappa shape index (κ1) is 9.92. The van der Waals surface area contributed by atoms with E-state index in [1.165, 1.54) is 13.2 Å². The topological polar surface area (TPSA) is 43.4 Å². The molecule has 0 fully saturated rings. The van der Waals surface area contributed by atoms with E-state index in [9.17, 15) is 9.59 Å². The molecule has 0 aliphatic carbocycles. The standard InChI is InChI=1S/C8H12O3/c1-11-8(10)6-4-2-3-5-7-9/h5H,2-4,6H2,1H3. The van der Waals surface area contributed by atoms with E-state index in [0.29, 0.717) is 12.8 Å². The van der Waals surface area contributed by atoms with Gasteiger partial charge in [-0.1, -0.05) is 0 Å². The predicted molar refractivity (Wildman–Crippen MR) is 40.7 cm³/mol. The molecular formula is C8H12O3. The molecule has 3 heteroatoms. The molecule has 0 atom stereocenters. The van der Waals surface area contributed by atoms with Crippen molar-refractivity contribution in [2.24, 2.45) is 0 Å². The quantitative estimate of drug-likeness (QED) is 0.340. The average Bonchev–Trinajstić information content (AvgIpc) is 2.04. The third-order valence-corrected chi connectivity index (χ3v) is 1.29. The molecule has 0 heterocycles. The molecule has 62 valence electrons. The normalized spacial score (nSPS) is 8.45. The van der Waals surface area contributed by atoms with Gasteiger partial charge in [0.2, 0.25) is 0 Å². The molecule has 0 aromatic carbocycles. The molecule has 11 heavy (non-hydrogen) atoms. The Kier molecular flexibility index (Phi) is 6.34. The van der Waals surface area contributed by atoms with Crippen LogP contribution in [0.1, 0.15) is 25.7 Å². The summed E-state index contributed by atoms with van der Waals surface area (Å²) in [4.78, 5) is 20.2. The first-order valence-electron chi connectivity index (χ1n) is 3.57. The van der Waals surface area contributed by atoms with Crippen LogP contribution in [0.4, 0.5) is 0 Å². The van der Waals surface area contributed by atoms with Gasteiger partial charge in [-0.2, -0.15) is 0 Å². The lowest BCUT2D eigenvalue weighted by atomic mass is 10.2. The first-order chi connectivity index (χ1) is 5.31. The number of esters is 1. The second-order valence-corrected chi connectivity index (χ2v) is 2.14. The lowest BCUT2D eigenvalue weighted by molar-refractivity contribution is -0.140. The van der Waals surface area contributed by atoms with E-state index in [2.05, 4.69) is 4.74 Å². The Labute approximate surface area is 66.0 Å². The van der Waals surface area contributed by atoms with Crippen molar-refractivity contribution in [3.63, 3.8) is 0 Å². The van der Waals surface area contributed by atoms with Crippen LogP contribution in [-0.4, -0.2) is 19.0 Å². The summed E-state index contributed by atoms with van der Waals surface area (Å²) in [5.74, 6) is 1.48. The molecule has 0 aliphatic heterocycles. The van der Waals surface area contributed by atoms with E-state index >= 15 is 0 Å². The molecule has 0 spiro atoms. The molecule has 0 aromatic heterocycles. The zero-order chi connectivity index (χ0) is 8.53. The van der Waals surface area contributed by atoms with Gasteiger partial charge >= 0.3 is 5.97 Å². The maximum absolute atomic E-state index is 10.5. The van der Waals surface area contributed by atoms with Gasteiger partial charge in [0.25, 0.3) is 0 Å². The summed E-state index contributed by atoms with van der Waals surface area (Å²) in [5, 5.41) is 0. The van der Waals surface area contributed by atoms with Crippen LogP contribution in [-0.2, 0) is 14.3 Å². The van der Waals surface area contributed by atoms with Crippen molar-refractivity contribution >= 4 is 11.9 Å². The van der Waals surface area contributed by atoms with Crippen molar-refractivity contribution in [1.82, 2.24) is 0 Å². The molecule has 0 bridgehead atoms. The van der Waals surface area contributed by atoms with E-state index < -0.39 is 0 Å². The van der Waals surface area contributed by atoms with Gasteiger partial charge in [-0.05, 0) is 25.3 Å². The number of carbonyl (C=O) groups is 1. The highest BCUT2D eigenvalue weighted by Gasteiger charge is 1.97. The highest BCUT2D eigenvalue weighted by atomic mass is 16.5. The van der Waals surface area contributed by atoms with Crippen molar-refractivity contribution in [2.45, 2.75) is 25.7 Å². The van der Waals surface area contributed by atoms with E-state index in [1.807, 2.05) is 0 Å². The Hall–Kier alpha value is -1.08. The van der Waals surface area contributed by atoms with Gasteiger partial charge < -0.3 is 4.74 Å². The highest BCUT2D eigenvalue weighted by molar-refractivity contribution is 5.68. The van der Waals surface area contributed by atoms with Crippen LogP contribution in [0.5, 0.6) is 0 Å². The fourth-order valence-corrected chi connectivity index (χ4v) is 0.677. The van der Waals surface area contributed by atoms with Gasteiger partial charge in [0.1, 0.15) is 5.94 Å². The van der Waals surface area contributed by atoms with Gasteiger partial charge in [0, 0.05) is 6.42 Å². The van der Waals surface area contributed by atoms with E-state index in [-0.39, 0.29) is 5.97 Å². The monoisotopic (exact) mass is 156 g/mol. The lowest BCUT2D eigenvalue weighted by Gasteiger charge is -1.95. The van der Waals surface area contributed by atoms with Crippen molar-refractivity contribution in [1.29, 1.82) is 0 Å². The van der Waals surface area contributed by atoms with Crippen LogP contribution in [0, 0.1) is 0 Å². The summed E-state index contributed by atoms with van der Waals surface area (Å²) in [7, 11) is 1.37. The minimum atomic E-state index is -0.194. The SMILES string of the molecule is COC(=O)CCCCC=C=O. The van der Waals surface area contributed by atoms with Gasteiger partial charge in [0.05, 0.1) is 7.11 Å². The van der Waals surface area contributed by atoms with Crippen molar-refractivity contribution in [2.75, 3.05) is 7.11 Å². The highest BCUT2D eigenvalue weighted by Crippen LogP contribution is 2.00. The second-order valence-electron chi connectivity index (χ2n) is 2.14. The Bertz CT molecular complexity index is 157. The third-order valence-electron chi connectivity index (χ3n) is 1.29. The summed E-state index contributed by atoms with van der Waals surface area (Å²) in [6.07, 6.45) is 4.16. The van der Waals surface area contributed by atoms with Gasteiger partial charge in [0.15, 0.2) is 0 Å². The third kappa shape index (κ3) is 6.81. The van der Waals surface area contributed by atoms with Crippen LogP contribution in [0.25, 0.3) is 0 Å². The number of methoxy groups -OCH3 is 1. The van der Waals surface area contributed by atoms with Crippen molar-refractivity contribution < 1.29 is 14.3 Å². The Balaban J connectivity index is 3.14. The van der Waals surface area contributed by atoms with Gasteiger partial charge in [-0.3, -0.25) is 4.79 Å². The molecule has 0 saturated heterocycles. The van der Waals surface area contributed by atoms with Crippen LogP contribution in [0.3, 0.4) is 0 Å². The van der Waals surface area contributed by atoms with Gasteiger partial charge in [-0.15, -0.1) is 0 Å². The zero-order valence-corrected chi connectivity index (χ0v) is 6.63. The molecule has 0 aliphatic rings. The number of ether oxygens (including phenoxy) is 1. The van der Waals surface area contributed by atoms with Crippen LogP contribution < -0.4 is 0 Å². The maximum atomic E-state index is 10.5. The molecule has 0 N–H and O–H groups in total. The minimum Gasteiger partial charge on any atom is -0.469 e. The fourth-order valence-electron chi connectivity index (χ4n) is 0.677. The number of hydrogen-bond acceptors (Lipinski definition) is 3. The summed E-state index contributed by atoms with van der Waals surface area (Å²) in [5.41, 5.74) is 0. The number of hydrogen-bond donors (Lipinski definition) is 0. The Morgan fingerprint density at radius 2 is 2.27 bits per heavy atom. The van der Waals surface area contributed by atoms with Crippen LogP contribution >= 0.6 is 0 Å². The summed E-state index contributed by atoms with van der Waals surface area (Å²) >= 11 is 0. The van der Waals surface area contributed by atoms with E-state index in [1.54, 1.807) is 5.94 Å². The molecule has 0 aromatic rings. The molecule has 0 radical (unpaired) electrons. The van der Waals surface area contributed by atoms with E-state index in [0.717, 1.165) is 12.8 Å². The Morgan fingerprint density at radius 3 is 2.82 bits per heavy atom. The van der Waals surface area contributed by atoms with Crippen LogP contribution in [0.2, 0.25) is 0 Å². The second kappa shape index (κ2) is 7.03. The smallest absolute Gasteiger partial charge is 0.305 e. The number of carbonyl (C=O) groups excluding carboxylic acids is 2. The number of rotatable bonds is 5. The van der Waals surface area contributed by atoms with Crippen LogP contribution in [0.15, 0.2) is 6.08 Å². The summed E-state index contributed by atoms with van der Waals surface area (Å²) in [6, 6.07) is 0. The lowest BCUT2D eigenvalue weighted by Crippen LogP contribution is -1.98. The maximum Gasteiger partial charge on any atom is 0.305 e. The zero-order valence-electron chi connectivity index (χ0n) is 6.63. The van der Waals surface area contributed by atoms with E-state index in [4.69, 9.17) is 0 Å². The minimum absolute atomic E-state index is 0.194. The van der Waals surface area contributed by atoms with Crippen molar-refractivity contribution in [3.05, 3.63) is 6.08 Å². The molecule has 0 saturated carbocycles. The fraction of sp³-hybridized carbons (Fsp3) is 0.625. The van der Waals surface area contributed by atoms with Gasteiger partial charge in [-0.25, -0.2) is 4.79 Å². The average molecular weight is 156 g/mol. The molecular weight excluding hydrogens is 144 g/mol. The molecule has 0 rings (SSSR count). The number of allylic oxidation sites excluding steroid dienone is 1. The molecule has 0 unspecified atom stereocenters. The predicted octanol–water partition coefficient (Wildman–Crippen LogP) is 1.11. The molecule has 0 amide bonds. The first-order valence-corrected chi connectivity index (χ1v) is 3.57.